The Morgan fingerprint density at radius 1 is 1.44 bits per heavy atom. The number of hydrogen-bond acceptors (Lipinski definition) is 4. The van der Waals surface area contributed by atoms with E-state index in [4.69, 9.17) is 4.74 Å². The van der Waals surface area contributed by atoms with E-state index in [-0.39, 0.29) is 5.54 Å². The minimum absolute atomic E-state index is 0.0709. The SMILES string of the molecule is CC1(C)COCCN1c1nc(Br)cn2ccnc12. The van der Waals surface area contributed by atoms with Gasteiger partial charge in [0.15, 0.2) is 11.5 Å². The van der Waals surface area contributed by atoms with Crippen molar-refractivity contribution in [1.82, 2.24) is 14.4 Å². The second kappa shape index (κ2) is 4.20. The third-order valence-corrected chi connectivity index (χ3v) is 3.61. The van der Waals surface area contributed by atoms with Crippen molar-refractivity contribution in [2.24, 2.45) is 0 Å². The van der Waals surface area contributed by atoms with Crippen molar-refractivity contribution in [2.45, 2.75) is 19.4 Å². The third-order valence-electron chi connectivity index (χ3n) is 3.23. The maximum absolute atomic E-state index is 5.55. The van der Waals surface area contributed by atoms with E-state index in [9.17, 15) is 0 Å². The second-order valence-electron chi connectivity index (χ2n) is 5.06. The lowest BCUT2D eigenvalue weighted by Gasteiger charge is -2.42. The van der Waals surface area contributed by atoms with Crippen molar-refractivity contribution in [3.8, 4) is 0 Å². The summed E-state index contributed by atoms with van der Waals surface area (Å²) in [5.74, 6) is 0.905. The Bertz CT molecular complexity index is 580. The number of hydrogen-bond donors (Lipinski definition) is 0. The van der Waals surface area contributed by atoms with Crippen LogP contribution in [0, 0.1) is 0 Å². The Morgan fingerprint density at radius 3 is 3.06 bits per heavy atom. The highest BCUT2D eigenvalue weighted by atomic mass is 79.9. The summed E-state index contributed by atoms with van der Waals surface area (Å²) in [5.41, 5.74) is 0.812. The summed E-state index contributed by atoms with van der Waals surface area (Å²) in [5, 5.41) is 0. The smallest absolute Gasteiger partial charge is 0.180 e. The van der Waals surface area contributed by atoms with Crippen LogP contribution in [-0.4, -0.2) is 39.7 Å². The number of rotatable bonds is 1. The van der Waals surface area contributed by atoms with Crippen LogP contribution >= 0.6 is 15.9 Å². The van der Waals surface area contributed by atoms with Crippen molar-refractivity contribution in [2.75, 3.05) is 24.7 Å². The van der Waals surface area contributed by atoms with Gasteiger partial charge >= 0.3 is 0 Å². The molecule has 1 aliphatic rings. The first kappa shape index (κ1) is 11.9. The van der Waals surface area contributed by atoms with Gasteiger partial charge in [0.25, 0.3) is 0 Å². The molecule has 0 radical (unpaired) electrons. The summed E-state index contributed by atoms with van der Waals surface area (Å²) >= 11 is 3.45. The van der Waals surface area contributed by atoms with E-state index in [1.165, 1.54) is 0 Å². The van der Waals surface area contributed by atoms with Gasteiger partial charge in [-0.2, -0.15) is 0 Å². The van der Waals surface area contributed by atoms with Crippen LogP contribution in [0.2, 0.25) is 0 Å². The van der Waals surface area contributed by atoms with Gasteiger partial charge in [0.2, 0.25) is 0 Å². The van der Waals surface area contributed by atoms with Gasteiger partial charge in [-0.25, -0.2) is 9.97 Å². The summed E-state index contributed by atoms with van der Waals surface area (Å²) < 4.78 is 8.35. The Kier molecular flexibility index (Phi) is 2.79. The number of morpholine rings is 1. The number of nitrogens with zero attached hydrogens (tertiary/aromatic N) is 4. The van der Waals surface area contributed by atoms with Gasteiger partial charge in [0.05, 0.1) is 18.8 Å². The predicted octanol–water partition coefficient (Wildman–Crippen LogP) is 2.11. The molecule has 0 saturated carbocycles. The van der Waals surface area contributed by atoms with Crippen LogP contribution in [0.4, 0.5) is 5.82 Å². The van der Waals surface area contributed by atoms with E-state index >= 15 is 0 Å². The molecule has 0 amide bonds. The fourth-order valence-corrected chi connectivity index (χ4v) is 2.71. The zero-order valence-corrected chi connectivity index (χ0v) is 12.0. The van der Waals surface area contributed by atoms with Crippen molar-refractivity contribution >= 4 is 27.4 Å². The molecule has 3 heterocycles. The van der Waals surface area contributed by atoms with Crippen molar-refractivity contribution in [1.29, 1.82) is 0 Å². The number of halogens is 1. The Hall–Kier alpha value is -1.14. The fraction of sp³-hybridized carbons (Fsp3) is 0.500. The van der Waals surface area contributed by atoms with Crippen molar-refractivity contribution < 1.29 is 4.74 Å². The van der Waals surface area contributed by atoms with E-state index in [2.05, 4.69) is 44.6 Å². The molecule has 5 nitrogen and oxygen atoms in total. The number of imidazole rings is 1. The molecule has 2 aromatic heterocycles. The van der Waals surface area contributed by atoms with Gasteiger partial charge in [-0.05, 0) is 29.8 Å². The van der Waals surface area contributed by atoms with Crippen LogP contribution in [0.3, 0.4) is 0 Å². The zero-order valence-electron chi connectivity index (χ0n) is 10.4. The molecule has 0 aromatic carbocycles. The molecule has 1 aliphatic heterocycles. The van der Waals surface area contributed by atoms with Crippen LogP contribution in [-0.2, 0) is 4.74 Å². The average Bonchev–Trinajstić information content (AvgIpc) is 2.75. The van der Waals surface area contributed by atoms with Gasteiger partial charge < -0.3 is 14.0 Å². The minimum atomic E-state index is -0.0709. The maximum Gasteiger partial charge on any atom is 0.180 e. The van der Waals surface area contributed by atoms with Crippen LogP contribution in [0.15, 0.2) is 23.2 Å². The Labute approximate surface area is 114 Å². The summed E-state index contributed by atoms with van der Waals surface area (Å²) in [6.07, 6.45) is 5.64. The first-order valence-corrected chi connectivity index (χ1v) is 6.72. The van der Waals surface area contributed by atoms with Gasteiger partial charge in [-0.1, -0.05) is 0 Å². The monoisotopic (exact) mass is 310 g/mol. The average molecular weight is 311 g/mol. The zero-order chi connectivity index (χ0) is 12.8. The second-order valence-corrected chi connectivity index (χ2v) is 5.87. The highest BCUT2D eigenvalue weighted by Crippen LogP contribution is 2.29. The first-order chi connectivity index (χ1) is 8.58. The van der Waals surface area contributed by atoms with Crippen LogP contribution in [0.25, 0.3) is 5.65 Å². The lowest BCUT2D eigenvalue weighted by atomic mass is 10.0. The highest BCUT2D eigenvalue weighted by Gasteiger charge is 2.33. The molecular weight excluding hydrogens is 296 g/mol. The van der Waals surface area contributed by atoms with E-state index in [0.717, 1.165) is 29.2 Å². The fourth-order valence-electron chi connectivity index (χ4n) is 2.32. The molecule has 0 aliphatic carbocycles. The van der Waals surface area contributed by atoms with E-state index < -0.39 is 0 Å². The van der Waals surface area contributed by atoms with Crippen LogP contribution in [0.1, 0.15) is 13.8 Å². The largest absolute Gasteiger partial charge is 0.377 e. The van der Waals surface area contributed by atoms with Gasteiger partial charge in [0, 0.05) is 25.1 Å². The van der Waals surface area contributed by atoms with E-state index in [1.54, 1.807) is 6.20 Å². The molecule has 96 valence electrons. The molecule has 2 aromatic rings. The molecule has 6 heteroatoms. The molecule has 0 atom stereocenters. The normalized spacial score (nSPS) is 19.4. The van der Waals surface area contributed by atoms with Gasteiger partial charge in [-0.15, -0.1) is 0 Å². The number of fused-ring (bicyclic) bond motifs is 1. The molecular formula is C12H15BrN4O. The lowest BCUT2D eigenvalue weighted by Crippen LogP contribution is -2.53. The van der Waals surface area contributed by atoms with Gasteiger partial charge in [0.1, 0.15) is 4.60 Å². The summed E-state index contributed by atoms with van der Waals surface area (Å²) in [4.78, 5) is 11.3. The molecule has 3 rings (SSSR count). The van der Waals surface area contributed by atoms with Crippen molar-refractivity contribution in [3.05, 3.63) is 23.2 Å². The Balaban J connectivity index is 2.15. The molecule has 18 heavy (non-hydrogen) atoms. The standard InChI is InChI=1S/C12H15BrN4O/c1-12(2)8-18-6-5-17(12)11-10-14-3-4-16(10)7-9(13)15-11/h3-4,7H,5-6,8H2,1-2H3. The molecule has 1 saturated heterocycles. The van der Waals surface area contributed by atoms with Crippen LogP contribution < -0.4 is 4.90 Å². The third kappa shape index (κ3) is 1.89. The number of ether oxygens (including phenoxy) is 1. The summed E-state index contributed by atoms with van der Waals surface area (Å²) in [7, 11) is 0. The van der Waals surface area contributed by atoms with Crippen LogP contribution in [0.5, 0.6) is 0 Å². The molecule has 0 spiro atoms. The maximum atomic E-state index is 5.55. The quantitative estimate of drug-likeness (QED) is 0.809. The predicted molar refractivity (Wildman–Crippen MR) is 72.9 cm³/mol. The number of anilines is 1. The first-order valence-electron chi connectivity index (χ1n) is 5.92. The van der Waals surface area contributed by atoms with Crippen molar-refractivity contribution in [3.63, 3.8) is 0 Å². The molecule has 0 unspecified atom stereocenters. The van der Waals surface area contributed by atoms with E-state index in [0.29, 0.717) is 6.61 Å². The summed E-state index contributed by atoms with van der Waals surface area (Å²) in [6, 6.07) is 0. The lowest BCUT2D eigenvalue weighted by molar-refractivity contribution is 0.0640. The highest BCUT2D eigenvalue weighted by molar-refractivity contribution is 9.10. The number of aromatic nitrogens is 3. The molecule has 0 N–H and O–H groups in total. The molecule has 0 bridgehead atoms. The minimum Gasteiger partial charge on any atom is -0.377 e. The molecule has 1 fully saturated rings. The summed E-state index contributed by atoms with van der Waals surface area (Å²) in [6.45, 7) is 6.58. The Morgan fingerprint density at radius 2 is 2.28 bits per heavy atom. The van der Waals surface area contributed by atoms with Gasteiger partial charge in [-0.3, -0.25) is 0 Å². The van der Waals surface area contributed by atoms with E-state index in [1.807, 2.05) is 16.8 Å². The topological polar surface area (TPSA) is 42.7 Å².